The van der Waals surface area contributed by atoms with E-state index in [9.17, 15) is 4.79 Å². The highest BCUT2D eigenvalue weighted by Crippen LogP contribution is 2.37. The van der Waals surface area contributed by atoms with E-state index in [-0.39, 0.29) is 11.7 Å². The molecular weight excluding hydrogens is 286 g/mol. The minimum atomic E-state index is 0.165. The second-order valence-electron chi connectivity index (χ2n) is 6.45. The number of fused-ring (bicyclic) bond motifs is 1. The van der Waals surface area contributed by atoms with Crippen LogP contribution in [0.4, 0.5) is 0 Å². The minimum absolute atomic E-state index is 0.165. The van der Waals surface area contributed by atoms with Crippen molar-refractivity contribution in [1.82, 2.24) is 0 Å². The molecule has 7 heteroatoms. The number of carbonyl (C=O) groups is 1. The summed E-state index contributed by atoms with van der Waals surface area (Å²) in [5.74, 6) is 0.370. The SMILES string of the molecule is Bc1c(B)c(B)c([C@@H]2CC(=O)c3cc(Cl)ccc32)c(B)c1B. The first kappa shape index (κ1) is 15.6. The van der Waals surface area contributed by atoms with Gasteiger partial charge in [0.2, 0.25) is 0 Å². The Bertz CT molecular complexity index is 789. The van der Waals surface area contributed by atoms with Gasteiger partial charge >= 0.3 is 0 Å². The van der Waals surface area contributed by atoms with Gasteiger partial charge in [-0.1, -0.05) is 34.2 Å². The number of hydrogen-bond acceptors (Lipinski definition) is 1. The maximum Gasteiger partial charge on any atom is 0.164 e. The molecule has 0 heterocycles. The third-order valence-electron chi connectivity index (χ3n) is 5.49. The summed E-state index contributed by atoms with van der Waals surface area (Å²) < 4.78 is 0. The quantitative estimate of drug-likeness (QED) is 0.484. The molecule has 0 amide bonds. The lowest BCUT2D eigenvalue weighted by molar-refractivity contribution is 0.0991. The average molecular weight is 302 g/mol. The molecule has 22 heavy (non-hydrogen) atoms. The Morgan fingerprint density at radius 2 is 1.45 bits per heavy atom. The molecule has 3 rings (SSSR count). The summed E-state index contributed by atoms with van der Waals surface area (Å²) in [6, 6.07) is 5.74. The molecule has 2 aromatic rings. The zero-order valence-electron chi connectivity index (χ0n) is 13.8. The zero-order chi connectivity index (χ0) is 16.2. The van der Waals surface area contributed by atoms with E-state index >= 15 is 0 Å². The maximum absolute atomic E-state index is 12.4. The monoisotopic (exact) mass is 302 g/mol. The van der Waals surface area contributed by atoms with Gasteiger partial charge in [0, 0.05) is 22.9 Å². The van der Waals surface area contributed by atoms with Crippen molar-refractivity contribution < 1.29 is 4.79 Å². The number of ketones is 1. The van der Waals surface area contributed by atoms with Crippen molar-refractivity contribution in [1.29, 1.82) is 0 Å². The topological polar surface area (TPSA) is 17.1 Å². The smallest absolute Gasteiger partial charge is 0.164 e. The van der Waals surface area contributed by atoms with Crippen LogP contribution in [0, 0.1) is 0 Å². The standard InChI is InChI=1S/C15H16B5ClO/c16-11-10(12(17)14(19)15(20)13(11)18)8-4-9(22)7-3-5(21)1-2-6(7)8/h1-3,8H,4,16-20H2/t8-/m1/s1. The maximum atomic E-state index is 12.4. The molecule has 1 nitrogen and oxygen atoms in total. The number of rotatable bonds is 1. The predicted octanol–water partition coefficient (Wildman–Crippen LogP) is -4.65. The van der Waals surface area contributed by atoms with Crippen LogP contribution in [-0.4, -0.2) is 45.0 Å². The van der Waals surface area contributed by atoms with E-state index in [1.165, 1.54) is 32.9 Å². The van der Waals surface area contributed by atoms with Gasteiger partial charge < -0.3 is 0 Å². The van der Waals surface area contributed by atoms with Gasteiger partial charge in [-0.15, -0.1) is 16.4 Å². The van der Waals surface area contributed by atoms with Crippen molar-refractivity contribution in [3.05, 3.63) is 39.9 Å². The molecule has 0 saturated heterocycles. The van der Waals surface area contributed by atoms with Gasteiger partial charge in [-0.25, -0.2) is 0 Å². The van der Waals surface area contributed by atoms with E-state index in [4.69, 9.17) is 11.6 Å². The van der Waals surface area contributed by atoms with Crippen LogP contribution in [0.3, 0.4) is 0 Å². The lowest BCUT2D eigenvalue weighted by Crippen LogP contribution is -2.56. The Morgan fingerprint density at radius 3 is 2.05 bits per heavy atom. The molecule has 1 aliphatic rings. The van der Waals surface area contributed by atoms with Gasteiger partial charge in [0.25, 0.3) is 0 Å². The lowest BCUT2D eigenvalue weighted by Gasteiger charge is -2.24. The summed E-state index contributed by atoms with van der Waals surface area (Å²) in [4.78, 5) is 12.4. The third-order valence-corrected chi connectivity index (χ3v) is 5.72. The molecule has 2 aromatic carbocycles. The highest BCUT2D eigenvalue weighted by molar-refractivity contribution is 6.67. The highest BCUT2D eigenvalue weighted by Gasteiger charge is 2.32. The first-order chi connectivity index (χ1) is 10.3. The summed E-state index contributed by atoms with van der Waals surface area (Å²) >= 11 is 6.06. The zero-order valence-corrected chi connectivity index (χ0v) is 14.6. The molecule has 0 aliphatic heterocycles. The third kappa shape index (κ3) is 2.20. The first-order valence-corrected chi connectivity index (χ1v) is 8.10. The summed E-state index contributed by atoms with van der Waals surface area (Å²) in [5, 5.41) is 0.637. The molecule has 0 fully saturated rings. The van der Waals surface area contributed by atoms with Crippen LogP contribution >= 0.6 is 11.6 Å². The molecule has 0 saturated carbocycles. The first-order valence-electron chi connectivity index (χ1n) is 7.72. The van der Waals surface area contributed by atoms with E-state index in [0.717, 1.165) is 11.1 Å². The summed E-state index contributed by atoms with van der Waals surface area (Å²) in [7, 11) is 10.9. The van der Waals surface area contributed by atoms with Gasteiger partial charge in [-0.05, 0) is 17.7 Å². The second-order valence-corrected chi connectivity index (χ2v) is 6.89. The summed E-state index contributed by atoms with van der Waals surface area (Å²) in [6.45, 7) is 0. The van der Waals surface area contributed by atoms with Crippen molar-refractivity contribution in [3.8, 4) is 0 Å². The highest BCUT2D eigenvalue weighted by atomic mass is 35.5. The van der Waals surface area contributed by atoms with E-state index in [1.807, 2.05) is 18.2 Å². The van der Waals surface area contributed by atoms with Crippen LogP contribution in [0.25, 0.3) is 0 Å². The number of halogens is 1. The van der Waals surface area contributed by atoms with Gasteiger partial charge in [-0.2, -0.15) is 0 Å². The fraction of sp³-hybridized carbons (Fsp3) is 0.133. The Balaban J connectivity index is 2.26. The predicted molar refractivity (Wildman–Crippen MR) is 110 cm³/mol. The average Bonchev–Trinajstić information content (AvgIpc) is 2.80. The Labute approximate surface area is 141 Å². The Kier molecular flexibility index (Phi) is 3.85. The van der Waals surface area contributed by atoms with Crippen molar-refractivity contribution in [2.75, 3.05) is 0 Å². The van der Waals surface area contributed by atoms with Crippen LogP contribution in [0.15, 0.2) is 18.2 Å². The lowest BCUT2D eigenvalue weighted by atomic mass is 9.58. The van der Waals surface area contributed by atoms with Crippen LogP contribution in [-0.2, 0) is 0 Å². The van der Waals surface area contributed by atoms with Crippen molar-refractivity contribution >= 4 is 83.9 Å². The van der Waals surface area contributed by atoms with Crippen LogP contribution < -0.4 is 27.3 Å². The number of Topliss-reactive ketones (excluding diaryl/α,β-unsaturated/α-hetero) is 1. The van der Waals surface area contributed by atoms with Crippen molar-refractivity contribution in [2.45, 2.75) is 12.3 Å². The number of benzene rings is 2. The van der Waals surface area contributed by atoms with E-state index in [2.05, 4.69) is 39.2 Å². The van der Waals surface area contributed by atoms with Crippen LogP contribution in [0.5, 0.6) is 0 Å². The van der Waals surface area contributed by atoms with Gasteiger partial charge in [-0.3, -0.25) is 4.79 Å². The number of carbonyl (C=O) groups excluding carboxylic acids is 1. The van der Waals surface area contributed by atoms with Crippen LogP contribution in [0.2, 0.25) is 5.02 Å². The molecule has 0 aromatic heterocycles. The molecule has 0 unspecified atom stereocenters. The van der Waals surface area contributed by atoms with Gasteiger partial charge in [0.15, 0.2) is 5.78 Å². The molecule has 1 atom stereocenters. The fourth-order valence-electron chi connectivity index (χ4n) is 3.79. The molecular formula is C15H16B5ClO. The Hall–Kier alpha value is -1.28. The largest absolute Gasteiger partial charge is 0.294 e. The molecule has 0 bridgehead atoms. The number of hydrogen-bond donors (Lipinski definition) is 0. The van der Waals surface area contributed by atoms with Crippen molar-refractivity contribution in [3.63, 3.8) is 0 Å². The molecule has 1 aliphatic carbocycles. The van der Waals surface area contributed by atoms with E-state index < -0.39 is 0 Å². The second kappa shape index (κ2) is 5.42. The minimum Gasteiger partial charge on any atom is -0.294 e. The fourth-order valence-corrected chi connectivity index (χ4v) is 3.96. The van der Waals surface area contributed by atoms with E-state index in [0.29, 0.717) is 11.4 Å². The molecule has 0 spiro atoms. The normalized spacial score (nSPS) is 16.8. The van der Waals surface area contributed by atoms with E-state index in [1.54, 1.807) is 0 Å². The van der Waals surface area contributed by atoms with Gasteiger partial charge in [0.05, 0.1) is 0 Å². The molecule has 0 radical (unpaired) electrons. The summed E-state index contributed by atoms with van der Waals surface area (Å²) in [5.41, 5.74) is 9.94. The van der Waals surface area contributed by atoms with Crippen molar-refractivity contribution in [2.24, 2.45) is 0 Å². The van der Waals surface area contributed by atoms with Gasteiger partial charge in [0.1, 0.15) is 39.2 Å². The summed E-state index contributed by atoms with van der Waals surface area (Å²) in [6.07, 6.45) is 0.555. The Morgan fingerprint density at radius 1 is 0.909 bits per heavy atom. The van der Waals surface area contributed by atoms with Crippen LogP contribution in [0.1, 0.15) is 33.8 Å². The molecule has 0 N–H and O–H groups in total. The molecule has 104 valence electrons.